The van der Waals surface area contributed by atoms with Gasteiger partial charge in [0.05, 0.1) is 11.1 Å². The minimum Gasteiger partial charge on any atom is -0.355 e. The van der Waals surface area contributed by atoms with Crippen LogP contribution in [0.2, 0.25) is 0 Å². The summed E-state index contributed by atoms with van der Waals surface area (Å²) in [5.74, 6) is 0.131. The Balaban J connectivity index is 1.61. The highest BCUT2D eigenvalue weighted by molar-refractivity contribution is 7.89. The number of hydrogen-bond donors (Lipinski definition) is 2. The summed E-state index contributed by atoms with van der Waals surface area (Å²) in [6, 6.07) is 15.5. The molecule has 1 heterocycles. The molecular formula is C18H17N3O4S. The van der Waals surface area contributed by atoms with Gasteiger partial charge in [-0.3, -0.25) is 4.79 Å². The highest BCUT2D eigenvalue weighted by Crippen LogP contribution is 2.23. The minimum absolute atomic E-state index is 0.0576. The van der Waals surface area contributed by atoms with Gasteiger partial charge in [0.2, 0.25) is 10.0 Å². The molecule has 0 aliphatic rings. The number of carbonyl (C=O) groups excluding carboxylic acids is 1. The summed E-state index contributed by atoms with van der Waals surface area (Å²) in [5, 5.41) is 11.6. The van der Waals surface area contributed by atoms with Gasteiger partial charge in [0, 0.05) is 12.1 Å². The molecule has 26 heavy (non-hydrogen) atoms. The normalized spacial score (nSPS) is 11.3. The van der Waals surface area contributed by atoms with Crippen molar-refractivity contribution >= 4 is 15.9 Å². The number of sulfonamides is 1. The van der Waals surface area contributed by atoms with E-state index >= 15 is 0 Å². The lowest BCUT2D eigenvalue weighted by Crippen LogP contribution is -2.25. The summed E-state index contributed by atoms with van der Waals surface area (Å²) >= 11 is 0. The fraction of sp³-hybridized carbons (Fsp3) is 0.111. The van der Waals surface area contributed by atoms with Crippen LogP contribution >= 0.6 is 0 Å². The number of carbonyl (C=O) groups is 1. The number of nitrogens with two attached hydrogens (primary N) is 1. The van der Waals surface area contributed by atoms with E-state index in [4.69, 9.17) is 9.66 Å². The smallest absolute Gasteiger partial charge is 0.256 e. The molecule has 0 unspecified atom stereocenters. The van der Waals surface area contributed by atoms with Crippen molar-refractivity contribution in [3.63, 3.8) is 0 Å². The molecule has 1 aromatic heterocycles. The van der Waals surface area contributed by atoms with E-state index in [0.717, 1.165) is 11.1 Å². The summed E-state index contributed by atoms with van der Waals surface area (Å²) in [6.45, 7) is 0.382. The Labute approximate surface area is 150 Å². The van der Waals surface area contributed by atoms with Gasteiger partial charge in [-0.25, -0.2) is 13.6 Å². The average molecular weight is 371 g/mol. The Morgan fingerprint density at radius 3 is 2.42 bits per heavy atom. The molecule has 0 aliphatic carbocycles. The molecule has 0 saturated carbocycles. The van der Waals surface area contributed by atoms with Crippen LogP contribution in [0.5, 0.6) is 0 Å². The molecule has 3 rings (SSSR count). The third-order valence-electron chi connectivity index (χ3n) is 3.80. The second kappa shape index (κ2) is 7.51. The van der Waals surface area contributed by atoms with Crippen LogP contribution in [0, 0.1) is 0 Å². The first-order valence-electron chi connectivity index (χ1n) is 7.85. The molecule has 0 saturated heterocycles. The molecule has 134 valence electrons. The highest BCUT2D eigenvalue weighted by atomic mass is 32.2. The van der Waals surface area contributed by atoms with Gasteiger partial charge in [-0.2, -0.15) is 0 Å². The van der Waals surface area contributed by atoms with Gasteiger partial charge >= 0.3 is 0 Å². The molecule has 1 amide bonds. The van der Waals surface area contributed by atoms with Gasteiger partial charge in [-0.15, -0.1) is 0 Å². The van der Waals surface area contributed by atoms with E-state index in [1.807, 2.05) is 30.3 Å². The quantitative estimate of drug-likeness (QED) is 0.687. The molecule has 7 nitrogen and oxygen atoms in total. The predicted molar refractivity (Wildman–Crippen MR) is 95.8 cm³/mol. The zero-order valence-electron chi connectivity index (χ0n) is 13.8. The van der Waals surface area contributed by atoms with E-state index < -0.39 is 10.0 Å². The predicted octanol–water partition coefficient (Wildman–Crippen LogP) is 1.96. The van der Waals surface area contributed by atoms with Crippen molar-refractivity contribution in [1.82, 2.24) is 10.5 Å². The molecule has 8 heteroatoms. The monoisotopic (exact) mass is 371 g/mol. The van der Waals surface area contributed by atoms with Crippen molar-refractivity contribution in [2.24, 2.45) is 5.14 Å². The first-order valence-corrected chi connectivity index (χ1v) is 9.40. The number of primary sulfonamides is 1. The second-order valence-corrected chi connectivity index (χ2v) is 7.19. The topological polar surface area (TPSA) is 115 Å². The molecule has 0 bridgehead atoms. The van der Waals surface area contributed by atoms with Crippen molar-refractivity contribution in [3.8, 4) is 11.3 Å². The lowest BCUT2D eigenvalue weighted by molar-refractivity contribution is 0.0954. The first kappa shape index (κ1) is 17.8. The Morgan fingerprint density at radius 1 is 1.08 bits per heavy atom. The molecule has 0 radical (unpaired) electrons. The fourth-order valence-electron chi connectivity index (χ4n) is 2.46. The molecule has 0 spiro atoms. The standard InChI is InChI=1S/C18H17N3O4S/c19-26(23,24)15-8-6-13(7-9-15)10-11-20-18(22)16-12-21-25-17(16)14-4-2-1-3-5-14/h1-9,12H,10-11H2,(H,20,22)(H2,19,23,24). The van der Waals surface area contributed by atoms with Crippen LogP contribution in [0.25, 0.3) is 11.3 Å². The first-order chi connectivity index (χ1) is 12.4. The number of benzene rings is 2. The maximum atomic E-state index is 12.4. The van der Waals surface area contributed by atoms with Gasteiger partial charge in [0.1, 0.15) is 5.56 Å². The summed E-state index contributed by atoms with van der Waals surface area (Å²) in [6.07, 6.45) is 1.93. The van der Waals surface area contributed by atoms with Crippen molar-refractivity contribution in [1.29, 1.82) is 0 Å². The number of nitrogens with one attached hydrogen (secondary N) is 1. The van der Waals surface area contributed by atoms with E-state index in [-0.39, 0.29) is 10.8 Å². The van der Waals surface area contributed by atoms with Crippen LogP contribution < -0.4 is 10.5 Å². The third kappa shape index (κ3) is 4.16. The van der Waals surface area contributed by atoms with Crippen LogP contribution in [0.3, 0.4) is 0 Å². The van der Waals surface area contributed by atoms with Gasteiger partial charge in [0.25, 0.3) is 5.91 Å². The van der Waals surface area contributed by atoms with Crippen molar-refractivity contribution in [3.05, 3.63) is 71.9 Å². The van der Waals surface area contributed by atoms with Crippen molar-refractivity contribution in [2.45, 2.75) is 11.3 Å². The van der Waals surface area contributed by atoms with Crippen molar-refractivity contribution in [2.75, 3.05) is 6.54 Å². The number of aromatic nitrogens is 1. The lowest BCUT2D eigenvalue weighted by Gasteiger charge is -2.06. The average Bonchev–Trinajstić information content (AvgIpc) is 3.12. The molecule has 0 aliphatic heterocycles. The molecule has 2 aromatic carbocycles. The van der Waals surface area contributed by atoms with E-state index in [1.54, 1.807) is 12.1 Å². The summed E-state index contributed by atoms with van der Waals surface area (Å²) in [7, 11) is -3.70. The maximum absolute atomic E-state index is 12.4. The second-order valence-electron chi connectivity index (χ2n) is 5.63. The summed E-state index contributed by atoms with van der Waals surface area (Å²) in [5.41, 5.74) is 2.01. The van der Waals surface area contributed by atoms with Gasteiger partial charge in [-0.05, 0) is 24.1 Å². The Bertz CT molecular complexity index is 996. The van der Waals surface area contributed by atoms with Crippen LogP contribution in [0.15, 0.2) is 70.2 Å². The number of rotatable bonds is 6. The lowest BCUT2D eigenvalue weighted by atomic mass is 10.1. The molecule has 3 N–H and O–H groups in total. The van der Waals surface area contributed by atoms with E-state index in [1.165, 1.54) is 18.3 Å². The number of hydrogen-bond acceptors (Lipinski definition) is 5. The zero-order chi connectivity index (χ0) is 18.6. The maximum Gasteiger partial charge on any atom is 0.256 e. The molecule has 0 fully saturated rings. The summed E-state index contributed by atoms with van der Waals surface area (Å²) in [4.78, 5) is 12.4. The van der Waals surface area contributed by atoms with Gasteiger partial charge < -0.3 is 9.84 Å². The Kier molecular flexibility index (Phi) is 5.15. The van der Waals surface area contributed by atoms with Gasteiger partial charge in [0.15, 0.2) is 5.76 Å². The highest BCUT2D eigenvalue weighted by Gasteiger charge is 2.17. The van der Waals surface area contributed by atoms with E-state index in [2.05, 4.69) is 10.5 Å². The van der Waals surface area contributed by atoms with E-state index in [9.17, 15) is 13.2 Å². The third-order valence-corrected chi connectivity index (χ3v) is 4.73. The fourth-order valence-corrected chi connectivity index (χ4v) is 2.98. The molecular weight excluding hydrogens is 354 g/mol. The molecule has 0 atom stereocenters. The SMILES string of the molecule is NS(=O)(=O)c1ccc(CCNC(=O)c2cnoc2-c2ccccc2)cc1. The van der Waals surface area contributed by atoms with Crippen LogP contribution in [0.1, 0.15) is 15.9 Å². The number of amides is 1. The van der Waals surface area contributed by atoms with Crippen LogP contribution in [-0.2, 0) is 16.4 Å². The zero-order valence-corrected chi connectivity index (χ0v) is 14.6. The minimum atomic E-state index is -3.70. The van der Waals surface area contributed by atoms with Crippen LogP contribution in [-0.4, -0.2) is 26.0 Å². The van der Waals surface area contributed by atoms with E-state index in [0.29, 0.717) is 24.3 Å². The largest absolute Gasteiger partial charge is 0.355 e. The Morgan fingerprint density at radius 2 is 1.77 bits per heavy atom. The number of nitrogens with zero attached hydrogens (tertiary/aromatic N) is 1. The Hall–Kier alpha value is -2.97. The van der Waals surface area contributed by atoms with Gasteiger partial charge in [-0.1, -0.05) is 47.6 Å². The molecule has 3 aromatic rings. The van der Waals surface area contributed by atoms with Crippen LogP contribution in [0.4, 0.5) is 0 Å². The van der Waals surface area contributed by atoms with Crippen molar-refractivity contribution < 1.29 is 17.7 Å². The summed E-state index contributed by atoms with van der Waals surface area (Å²) < 4.78 is 27.7.